The van der Waals surface area contributed by atoms with Crippen LogP contribution in [0.3, 0.4) is 0 Å². The summed E-state index contributed by atoms with van der Waals surface area (Å²) in [4.78, 5) is 29.2. The van der Waals surface area contributed by atoms with E-state index in [2.05, 4.69) is 16.4 Å². The fourth-order valence-electron chi connectivity index (χ4n) is 4.29. The van der Waals surface area contributed by atoms with Gasteiger partial charge in [0.25, 0.3) is 0 Å². The summed E-state index contributed by atoms with van der Waals surface area (Å²) in [5.41, 5.74) is 4.29. The molecular formula is C29H22N4O4. The fraction of sp³-hybridized carbons (Fsp3) is 0.103. The molecule has 2 heterocycles. The fourth-order valence-corrected chi connectivity index (χ4v) is 4.29. The van der Waals surface area contributed by atoms with Crippen LogP contribution < -0.4 is 10.7 Å². The van der Waals surface area contributed by atoms with E-state index in [1.54, 1.807) is 53.5 Å². The number of nitrogens with one attached hydrogen (secondary N) is 1. The number of nitrogens with zero attached hydrogens (tertiary/aromatic N) is 3. The molecule has 2 N–H and O–H groups in total. The van der Waals surface area contributed by atoms with Crippen molar-refractivity contribution < 1.29 is 14.3 Å². The lowest BCUT2D eigenvalue weighted by molar-refractivity contribution is 0.0698. The number of anilines is 1. The number of nitriles is 1. The van der Waals surface area contributed by atoms with Gasteiger partial charge in [-0.05, 0) is 61.9 Å². The smallest absolute Gasteiger partial charge is 0.337 e. The number of imidazole rings is 1. The van der Waals surface area contributed by atoms with Crippen LogP contribution in [0.25, 0.3) is 28.1 Å². The second-order valence-electron chi connectivity index (χ2n) is 8.75. The topological polar surface area (TPSA) is 121 Å². The zero-order chi connectivity index (χ0) is 26.1. The Morgan fingerprint density at radius 1 is 1.14 bits per heavy atom. The Hall–Kier alpha value is -5.16. The van der Waals surface area contributed by atoms with Crippen molar-refractivity contribution in [2.24, 2.45) is 0 Å². The van der Waals surface area contributed by atoms with Crippen LogP contribution in [0.5, 0.6) is 0 Å². The lowest BCUT2D eigenvalue weighted by Gasteiger charge is -2.19. The van der Waals surface area contributed by atoms with E-state index in [1.807, 2.05) is 32.0 Å². The van der Waals surface area contributed by atoms with Gasteiger partial charge in [0.15, 0.2) is 11.2 Å². The molecule has 1 atom stereocenters. The van der Waals surface area contributed by atoms with Gasteiger partial charge in [0.1, 0.15) is 17.6 Å². The molecule has 0 spiro atoms. The molecule has 0 saturated carbocycles. The predicted octanol–water partition coefficient (Wildman–Crippen LogP) is 5.70. The number of aromatic carboxylic acids is 1. The van der Waals surface area contributed by atoms with Crippen molar-refractivity contribution in [2.45, 2.75) is 19.9 Å². The molecular weight excluding hydrogens is 468 g/mol. The number of para-hydroxylation sites is 1. The Kier molecular flexibility index (Phi) is 6.04. The van der Waals surface area contributed by atoms with Gasteiger partial charge in [0.05, 0.1) is 28.6 Å². The van der Waals surface area contributed by atoms with Crippen LogP contribution in [-0.2, 0) is 0 Å². The third kappa shape index (κ3) is 4.58. The maximum atomic E-state index is 13.1. The van der Waals surface area contributed by atoms with Crippen LogP contribution >= 0.6 is 0 Å². The highest BCUT2D eigenvalue weighted by Crippen LogP contribution is 2.31. The number of benzene rings is 3. The van der Waals surface area contributed by atoms with Crippen molar-refractivity contribution in [3.8, 4) is 23.2 Å². The molecule has 0 radical (unpaired) electrons. The standard InChI is InChI=1S/C29H22N4O4/c1-17-11-22(18(2)32-24-6-4-3-5-21(24)29(35)36)28-23(12-17)26(34)13-27(37-28)25-15-33(16-31-25)20-9-7-19(14-30)8-10-20/h3-13,15-16,18,32H,1-2H3,(H,35,36)/t18-/m1/s1. The zero-order valence-electron chi connectivity index (χ0n) is 20.1. The lowest BCUT2D eigenvalue weighted by atomic mass is 10.0. The largest absolute Gasteiger partial charge is 0.478 e. The molecule has 37 heavy (non-hydrogen) atoms. The molecule has 8 heteroatoms. The van der Waals surface area contributed by atoms with E-state index in [9.17, 15) is 14.7 Å². The van der Waals surface area contributed by atoms with Gasteiger partial charge in [0, 0.05) is 29.2 Å². The highest BCUT2D eigenvalue weighted by Gasteiger charge is 2.19. The number of carboxylic acid groups (broad SMARTS) is 1. The van der Waals surface area contributed by atoms with Crippen molar-refractivity contribution in [1.82, 2.24) is 9.55 Å². The molecule has 5 rings (SSSR count). The molecule has 3 aromatic carbocycles. The number of carbonyl (C=O) groups is 1. The monoisotopic (exact) mass is 490 g/mol. The maximum absolute atomic E-state index is 13.1. The van der Waals surface area contributed by atoms with Crippen LogP contribution in [0.15, 0.2) is 88.5 Å². The minimum absolute atomic E-state index is 0.154. The zero-order valence-corrected chi connectivity index (χ0v) is 20.1. The average Bonchev–Trinajstić information content (AvgIpc) is 3.39. The maximum Gasteiger partial charge on any atom is 0.337 e. The third-order valence-corrected chi connectivity index (χ3v) is 6.13. The normalized spacial score (nSPS) is 11.7. The summed E-state index contributed by atoms with van der Waals surface area (Å²) in [5.74, 6) is -0.718. The molecule has 2 aromatic heterocycles. The minimum atomic E-state index is -1.03. The van der Waals surface area contributed by atoms with Crippen molar-refractivity contribution in [3.05, 3.63) is 112 Å². The molecule has 8 nitrogen and oxygen atoms in total. The number of carboxylic acids is 1. The van der Waals surface area contributed by atoms with E-state index in [-0.39, 0.29) is 17.0 Å². The van der Waals surface area contributed by atoms with Crippen LogP contribution in [-0.4, -0.2) is 20.6 Å². The number of hydrogen-bond donors (Lipinski definition) is 2. The Morgan fingerprint density at radius 2 is 1.89 bits per heavy atom. The number of rotatable bonds is 6. The average molecular weight is 491 g/mol. The highest BCUT2D eigenvalue weighted by molar-refractivity contribution is 5.94. The van der Waals surface area contributed by atoms with Crippen molar-refractivity contribution >= 4 is 22.6 Å². The SMILES string of the molecule is Cc1cc([C@@H](C)Nc2ccccc2C(=O)O)c2oc(-c3cn(-c4ccc(C#N)cc4)cn3)cc(=O)c2c1. The second-order valence-corrected chi connectivity index (χ2v) is 8.75. The van der Waals surface area contributed by atoms with E-state index in [0.29, 0.717) is 33.7 Å². The third-order valence-electron chi connectivity index (χ3n) is 6.13. The van der Waals surface area contributed by atoms with Crippen LogP contribution in [0.2, 0.25) is 0 Å². The summed E-state index contributed by atoms with van der Waals surface area (Å²) < 4.78 is 8.04. The predicted molar refractivity (Wildman–Crippen MR) is 140 cm³/mol. The molecule has 0 saturated heterocycles. The summed E-state index contributed by atoms with van der Waals surface area (Å²) in [6.45, 7) is 3.78. The Balaban J connectivity index is 1.56. The molecule has 0 aliphatic heterocycles. The molecule has 0 aliphatic rings. The van der Waals surface area contributed by atoms with Gasteiger partial charge < -0.3 is 19.4 Å². The summed E-state index contributed by atoms with van der Waals surface area (Å²) in [7, 11) is 0. The van der Waals surface area contributed by atoms with Crippen molar-refractivity contribution in [2.75, 3.05) is 5.32 Å². The first kappa shape index (κ1) is 23.6. The number of aromatic nitrogens is 2. The first-order chi connectivity index (χ1) is 17.8. The quantitative estimate of drug-likeness (QED) is 0.313. The van der Waals surface area contributed by atoms with Gasteiger partial charge in [-0.2, -0.15) is 5.26 Å². The van der Waals surface area contributed by atoms with Gasteiger partial charge >= 0.3 is 5.97 Å². The van der Waals surface area contributed by atoms with E-state index in [1.165, 1.54) is 12.1 Å². The van der Waals surface area contributed by atoms with Crippen LogP contribution in [0.1, 0.15) is 40.0 Å². The summed E-state index contributed by atoms with van der Waals surface area (Å²) in [6.07, 6.45) is 3.37. The van der Waals surface area contributed by atoms with Gasteiger partial charge in [-0.1, -0.05) is 18.2 Å². The van der Waals surface area contributed by atoms with Gasteiger partial charge in [-0.25, -0.2) is 9.78 Å². The lowest BCUT2D eigenvalue weighted by Crippen LogP contribution is -2.12. The van der Waals surface area contributed by atoms with Crippen molar-refractivity contribution in [1.29, 1.82) is 5.26 Å². The van der Waals surface area contributed by atoms with Crippen molar-refractivity contribution in [3.63, 3.8) is 0 Å². The molecule has 0 fully saturated rings. The number of hydrogen-bond acceptors (Lipinski definition) is 6. The van der Waals surface area contributed by atoms with Gasteiger partial charge in [0.2, 0.25) is 0 Å². The highest BCUT2D eigenvalue weighted by atomic mass is 16.4. The summed E-state index contributed by atoms with van der Waals surface area (Å²) in [5, 5.41) is 22.3. The Labute approximate surface area is 212 Å². The molecule has 182 valence electrons. The molecule has 0 bridgehead atoms. The number of aryl methyl sites for hydroxylation is 1. The van der Waals surface area contributed by atoms with E-state index >= 15 is 0 Å². The van der Waals surface area contributed by atoms with Gasteiger partial charge in [-0.15, -0.1) is 0 Å². The Morgan fingerprint density at radius 3 is 2.62 bits per heavy atom. The number of fused-ring (bicyclic) bond motifs is 1. The van der Waals surface area contributed by atoms with Crippen LogP contribution in [0, 0.1) is 18.3 Å². The summed E-state index contributed by atoms with van der Waals surface area (Å²) >= 11 is 0. The van der Waals surface area contributed by atoms with E-state index < -0.39 is 5.97 Å². The second kappa shape index (κ2) is 9.47. The van der Waals surface area contributed by atoms with E-state index in [4.69, 9.17) is 9.68 Å². The Bertz CT molecular complexity index is 1740. The summed E-state index contributed by atoms with van der Waals surface area (Å²) in [6, 6.07) is 20.6. The molecule has 0 aliphatic carbocycles. The minimum Gasteiger partial charge on any atom is -0.478 e. The first-order valence-electron chi connectivity index (χ1n) is 11.6. The van der Waals surface area contributed by atoms with Gasteiger partial charge in [-0.3, -0.25) is 4.79 Å². The molecule has 0 unspecified atom stereocenters. The van der Waals surface area contributed by atoms with E-state index in [0.717, 1.165) is 16.8 Å². The van der Waals surface area contributed by atoms with Crippen LogP contribution in [0.4, 0.5) is 5.69 Å². The first-order valence-corrected chi connectivity index (χ1v) is 11.6. The molecule has 0 amide bonds. The molecule has 5 aromatic rings.